The average Bonchev–Trinajstić information content (AvgIpc) is 3.30. The van der Waals surface area contributed by atoms with Crippen LogP contribution in [0, 0.1) is 5.92 Å². The molecule has 2 heterocycles. The molecule has 2 fully saturated rings. The molecule has 1 atom stereocenters. The number of ether oxygens (including phenoxy) is 1. The van der Waals surface area contributed by atoms with Crippen molar-refractivity contribution in [3.05, 3.63) is 18.2 Å². The monoisotopic (exact) mass is 367 g/mol. The molecule has 2 aliphatic heterocycles. The fraction of sp³-hybridized carbons (Fsp3) is 0.588. The van der Waals surface area contributed by atoms with Gasteiger partial charge in [0.25, 0.3) is 0 Å². The molecule has 1 amide bonds. The van der Waals surface area contributed by atoms with Gasteiger partial charge in [0.1, 0.15) is 10.6 Å². The summed E-state index contributed by atoms with van der Waals surface area (Å²) in [6.07, 6.45) is 2.53. The third-order valence-electron chi connectivity index (χ3n) is 4.63. The van der Waals surface area contributed by atoms with E-state index in [1.165, 1.54) is 10.4 Å². The zero-order valence-corrected chi connectivity index (χ0v) is 15.3. The highest BCUT2D eigenvalue weighted by molar-refractivity contribution is 7.89. The summed E-state index contributed by atoms with van der Waals surface area (Å²) >= 11 is 0. The number of anilines is 1. The molecular formula is C17H25N3O4S. The Labute approximate surface area is 148 Å². The molecule has 0 radical (unpaired) electrons. The van der Waals surface area contributed by atoms with Crippen molar-refractivity contribution in [1.82, 2.24) is 9.62 Å². The van der Waals surface area contributed by atoms with E-state index in [1.54, 1.807) is 12.1 Å². The maximum Gasteiger partial charge on any atom is 0.246 e. The van der Waals surface area contributed by atoms with Crippen LogP contribution in [-0.4, -0.2) is 51.4 Å². The Morgan fingerprint density at radius 3 is 2.76 bits per heavy atom. The molecule has 2 saturated heterocycles. The van der Waals surface area contributed by atoms with Crippen molar-refractivity contribution >= 4 is 21.6 Å². The largest absolute Gasteiger partial charge is 0.492 e. The van der Waals surface area contributed by atoms with E-state index < -0.39 is 10.0 Å². The Morgan fingerprint density at radius 2 is 2.12 bits per heavy atom. The normalized spacial score (nSPS) is 21.4. The lowest BCUT2D eigenvalue weighted by atomic mass is 10.1. The van der Waals surface area contributed by atoms with Crippen molar-refractivity contribution in [1.29, 1.82) is 0 Å². The van der Waals surface area contributed by atoms with Crippen LogP contribution in [0.15, 0.2) is 23.1 Å². The number of amides is 1. The van der Waals surface area contributed by atoms with E-state index in [0.29, 0.717) is 37.7 Å². The number of rotatable bonds is 6. The molecule has 138 valence electrons. The maximum atomic E-state index is 12.9. The van der Waals surface area contributed by atoms with Gasteiger partial charge in [0, 0.05) is 25.3 Å². The van der Waals surface area contributed by atoms with Crippen molar-refractivity contribution in [2.24, 2.45) is 5.92 Å². The van der Waals surface area contributed by atoms with Crippen LogP contribution in [0.4, 0.5) is 5.69 Å². The van der Waals surface area contributed by atoms with Crippen molar-refractivity contribution in [3.8, 4) is 5.75 Å². The summed E-state index contributed by atoms with van der Waals surface area (Å²) in [6.45, 7) is 4.73. The van der Waals surface area contributed by atoms with Gasteiger partial charge in [-0.3, -0.25) is 4.79 Å². The Bertz CT molecular complexity index is 723. The zero-order valence-electron chi connectivity index (χ0n) is 14.5. The van der Waals surface area contributed by atoms with Crippen LogP contribution in [-0.2, 0) is 14.8 Å². The van der Waals surface area contributed by atoms with Gasteiger partial charge in [-0.1, -0.05) is 0 Å². The molecule has 7 nitrogen and oxygen atoms in total. The molecule has 1 unspecified atom stereocenters. The van der Waals surface area contributed by atoms with Crippen LogP contribution in [0.1, 0.15) is 26.2 Å². The number of hydrogen-bond acceptors (Lipinski definition) is 5. The molecule has 2 N–H and O–H groups in total. The first-order valence-electron chi connectivity index (χ1n) is 8.81. The van der Waals surface area contributed by atoms with Crippen molar-refractivity contribution < 1.29 is 17.9 Å². The number of benzene rings is 1. The minimum Gasteiger partial charge on any atom is -0.492 e. The van der Waals surface area contributed by atoms with E-state index in [9.17, 15) is 13.2 Å². The standard InChI is InChI=1S/C17H25N3O4S/c1-2-24-15-6-5-14(19-17(21)13-7-8-18-12-13)11-16(15)25(22,23)20-9-3-4-10-20/h5-6,11,13,18H,2-4,7-10,12H2,1H3,(H,19,21). The highest BCUT2D eigenvalue weighted by Crippen LogP contribution is 2.31. The Hall–Kier alpha value is -1.64. The van der Waals surface area contributed by atoms with Gasteiger partial charge in [-0.05, 0) is 50.9 Å². The van der Waals surface area contributed by atoms with Crippen molar-refractivity contribution in [3.63, 3.8) is 0 Å². The van der Waals surface area contributed by atoms with Crippen LogP contribution in [0.25, 0.3) is 0 Å². The first kappa shape index (κ1) is 18.2. The molecule has 3 rings (SSSR count). The SMILES string of the molecule is CCOc1ccc(NC(=O)C2CCNC2)cc1S(=O)(=O)N1CCCC1. The first-order chi connectivity index (χ1) is 12.0. The van der Waals surface area contributed by atoms with E-state index in [1.807, 2.05) is 6.92 Å². The van der Waals surface area contributed by atoms with Crippen molar-refractivity contribution in [2.45, 2.75) is 31.1 Å². The first-order valence-corrected chi connectivity index (χ1v) is 10.2. The summed E-state index contributed by atoms with van der Waals surface area (Å²) in [5, 5.41) is 5.99. The minimum atomic E-state index is -3.62. The van der Waals surface area contributed by atoms with Gasteiger partial charge in [0.15, 0.2) is 0 Å². The number of sulfonamides is 1. The Balaban J connectivity index is 1.87. The molecule has 0 saturated carbocycles. The molecule has 0 aliphatic carbocycles. The number of carbonyl (C=O) groups is 1. The number of carbonyl (C=O) groups excluding carboxylic acids is 1. The van der Waals surface area contributed by atoms with Gasteiger partial charge in [0.05, 0.1) is 12.5 Å². The summed E-state index contributed by atoms with van der Waals surface area (Å²) in [5.74, 6) is 0.166. The van der Waals surface area contributed by atoms with Gasteiger partial charge >= 0.3 is 0 Å². The highest BCUT2D eigenvalue weighted by Gasteiger charge is 2.31. The average molecular weight is 367 g/mol. The Kier molecular flexibility index (Phi) is 5.61. The second-order valence-electron chi connectivity index (χ2n) is 6.38. The van der Waals surface area contributed by atoms with Crippen LogP contribution >= 0.6 is 0 Å². The summed E-state index contributed by atoms with van der Waals surface area (Å²) in [4.78, 5) is 12.4. The number of nitrogens with one attached hydrogen (secondary N) is 2. The van der Waals surface area contributed by atoms with E-state index in [4.69, 9.17) is 4.74 Å². The summed E-state index contributed by atoms with van der Waals surface area (Å²) in [6, 6.07) is 4.82. The molecule has 1 aromatic carbocycles. The summed E-state index contributed by atoms with van der Waals surface area (Å²) in [7, 11) is -3.62. The smallest absolute Gasteiger partial charge is 0.246 e. The Morgan fingerprint density at radius 1 is 1.36 bits per heavy atom. The lowest BCUT2D eigenvalue weighted by Crippen LogP contribution is -2.29. The lowest BCUT2D eigenvalue weighted by Gasteiger charge is -2.19. The second kappa shape index (κ2) is 7.72. The van der Waals surface area contributed by atoms with Crippen LogP contribution in [0.5, 0.6) is 5.75 Å². The minimum absolute atomic E-state index is 0.0785. The lowest BCUT2D eigenvalue weighted by molar-refractivity contribution is -0.119. The van der Waals surface area contributed by atoms with Gasteiger partial charge in [-0.25, -0.2) is 8.42 Å². The van der Waals surface area contributed by atoms with Crippen LogP contribution < -0.4 is 15.4 Å². The molecule has 0 aromatic heterocycles. The number of hydrogen-bond donors (Lipinski definition) is 2. The third-order valence-corrected chi connectivity index (χ3v) is 6.54. The van der Waals surface area contributed by atoms with Crippen molar-refractivity contribution in [2.75, 3.05) is 38.1 Å². The fourth-order valence-corrected chi connectivity index (χ4v) is 4.93. The topological polar surface area (TPSA) is 87.7 Å². The predicted octanol–water partition coefficient (Wildman–Crippen LogP) is 1.42. The third kappa shape index (κ3) is 3.96. The van der Waals surface area contributed by atoms with E-state index in [-0.39, 0.29) is 16.7 Å². The number of nitrogens with zero attached hydrogens (tertiary/aromatic N) is 1. The van der Waals surface area contributed by atoms with Gasteiger partial charge in [-0.2, -0.15) is 4.31 Å². The molecule has 0 bridgehead atoms. The van der Waals surface area contributed by atoms with Crippen LogP contribution in [0.2, 0.25) is 0 Å². The highest BCUT2D eigenvalue weighted by atomic mass is 32.2. The predicted molar refractivity (Wildman–Crippen MR) is 95.2 cm³/mol. The van der Waals surface area contributed by atoms with Gasteiger partial charge in [-0.15, -0.1) is 0 Å². The summed E-state index contributed by atoms with van der Waals surface area (Å²) in [5.41, 5.74) is 0.484. The van der Waals surface area contributed by atoms with E-state index >= 15 is 0 Å². The molecule has 2 aliphatic rings. The summed E-state index contributed by atoms with van der Waals surface area (Å²) < 4.78 is 32.9. The van der Waals surface area contributed by atoms with Crippen LogP contribution in [0.3, 0.4) is 0 Å². The molecule has 1 aromatic rings. The fourth-order valence-electron chi connectivity index (χ4n) is 3.25. The molecule has 0 spiro atoms. The second-order valence-corrected chi connectivity index (χ2v) is 8.29. The molecule has 8 heteroatoms. The van der Waals surface area contributed by atoms with E-state index in [0.717, 1.165) is 25.8 Å². The van der Waals surface area contributed by atoms with Gasteiger partial charge < -0.3 is 15.4 Å². The maximum absolute atomic E-state index is 12.9. The quantitative estimate of drug-likeness (QED) is 0.794. The molecule has 25 heavy (non-hydrogen) atoms. The van der Waals surface area contributed by atoms with Gasteiger partial charge in [0.2, 0.25) is 15.9 Å². The van der Waals surface area contributed by atoms with E-state index in [2.05, 4.69) is 10.6 Å². The zero-order chi connectivity index (χ0) is 17.9. The molecular weight excluding hydrogens is 342 g/mol.